The molecule has 0 unspecified atom stereocenters. The van der Waals surface area contributed by atoms with Gasteiger partial charge in [-0.25, -0.2) is 4.98 Å². The fourth-order valence-corrected chi connectivity index (χ4v) is 3.75. The largest absolute Gasteiger partial charge is 0.494 e. The SMILES string of the molecule is CCOc1ccc(N(C(=O)/C=C/c2ccco2)c2nc3ccccc3s2)cc1. The number of nitrogens with zero attached hydrogens (tertiary/aromatic N) is 2. The summed E-state index contributed by atoms with van der Waals surface area (Å²) in [6.07, 6.45) is 4.71. The Labute approximate surface area is 166 Å². The van der Waals surface area contributed by atoms with Crippen molar-refractivity contribution in [3.63, 3.8) is 0 Å². The molecule has 4 aromatic rings. The van der Waals surface area contributed by atoms with E-state index in [9.17, 15) is 4.79 Å². The van der Waals surface area contributed by atoms with Crippen molar-refractivity contribution in [3.8, 4) is 5.75 Å². The maximum absolute atomic E-state index is 13.1. The summed E-state index contributed by atoms with van der Waals surface area (Å²) in [5.41, 5.74) is 1.58. The molecule has 2 aromatic heterocycles. The van der Waals surface area contributed by atoms with Crippen molar-refractivity contribution in [3.05, 3.63) is 78.8 Å². The fraction of sp³-hybridized carbons (Fsp3) is 0.0909. The van der Waals surface area contributed by atoms with E-state index in [-0.39, 0.29) is 5.91 Å². The zero-order valence-electron chi connectivity index (χ0n) is 15.2. The summed E-state index contributed by atoms with van der Waals surface area (Å²) in [7, 11) is 0. The Kier molecular flexibility index (Phi) is 5.21. The van der Waals surface area contributed by atoms with Gasteiger partial charge in [-0.3, -0.25) is 9.69 Å². The monoisotopic (exact) mass is 390 g/mol. The van der Waals surface area contributed by atoms with Gasteiger partial charge in [0.05, 0.1) is 28.8 Å². The molecule has 0 radical (unpaired) electrons. The minimum Gasteiger partial charge on any atom is -0.494 e. The van der Waals surface area contributed by atoms with Crippen LogP contribution in [0, 0.1) is 0 Å². The Morgan fingerprint density at radius 2 is 1.96 bits per heavy atom. The van der Waals surface area contributed by atoms with Crippen molar-refractivity contribution < 1.29 is 13.9 Å². The van der Waals surface area contributed by atoms with Crippen LogP contribution in [0.25, 0.3) is 16.3 Å². The van der Waals surface area contributed by atoms with Crippen LogP contribution >= 0.6 is 11.3 Å². The molecule has 0 N–H and O–H groups in total. The van der Waals surface area contributed by atoms with Crippen LogP contribution in [0.3, 0.4) is 0 Å². The molecule has 1 amide bonds. The zero-order chi connectivity index (χ0) is 19.3. The molecule has 0 spiro atoms. The number of anilines is 2. The lowest BCUT2D eigenvalue weighted by Crippen LogP contribution is -2.23. The number of hydrogen-bond acceptors (Lipinski definition) is 5. The van der Waals surface area contributed by atoms with Gasteiger partial charge in [0.2, 0.25) is 0 Å². The Hall–Kier alpha value is -3.38. The number of rotatable bonds is 6. The minimum absolute atomic E-state index is 0.209. The number of amides is 1. The summed E-state index contributed by atoms with van der Waals surface area (Å²) < 4.78 is 11.8. The zero-order valence-corrected chi connectivity index (χ0v) is 16.1. The number of carbonyl (C=O) groups excluding carboxylic acids is 1. The molecule has 140 valence electrons. The molecule has 2 aromatic carbocycles. The van der Waals surface area contributed by atoms with Crippen molar-refractivity contribution in [2.75, 3.05) is 11.5 Å². The van der Waals surface area contributed by atoms with Crippen molar-refractivity contribution in [1.29, 1.82) is 0 Å². The Morgan fingerprint density at radius 3 is 2.68 bits per heavy atom. The van der Waals surface area contributed by atoms with Crippen LogP contribution in [0.4, 0.5) is 10.8 Å². The number of aromatic nitrogens is 1. The smallest absolute Gasteiger partial charge is 0.257 e. The summed E-state index contributed by atoms with van der Waals surface area (Å²) >= 11 is 1.47. The number of carbonyl (C=O) groups is 1. The molecule has 6 heteroatoms. The summed E-state index contributed by atoms with van der Waals surface area (Å²) in [5, 5.41) is 0.611. The average molecular weight is 390 g/mol. The van der Waals surface area contributed by atoms with Gasteiger partial charge in [-0.1, -0.05) is 23.5 Å². The lowest BCUT2D eigenvalue weighted by Gasteiger charge is -2.18. The second-order valence-corrected chi connectivity index (χ2v) is 6.92. The molecular weight excluding hydrogens is 372 g/mol. The maximum Gasteiger partial charge on any atom is 0.257 e. The highest BCUT2D eigenvalue weighted by molar-refractivity contribution is 7.22. The molecule has 0 bridgehead atoms. The number of benzene rings is 2. The quantitative estimate of drug-likeness (QED) is 0.398. The molecule has 0 saturated carbocycles. The van der Waals surface area contributed by atoms with E-state index in [1.54, 1.807) is 29.4 Å². The number of furan rings is 1. The number of ether oxygens (including phenoxy) is 1. The van der Waals surface area contributed by atoms with Gasteiger partial charge in [-0.2, -0.15) is 0 Å². The number of para-hydroxylation sites is 1. The van der Waals surface area contributed by atoms with Crippen LogP contribution in [-0.2, 0) is 4.79 Å². The first-order chi connectivity index (χ1) is 13.7. The number of hydrogen-bond donors (Lipinski definition) is 0. The summed E-state index contributed by atoms with van der Waals surface area (Å²) in [6, 6.07) is 18.8. The third-order valence-corrected chi connectivity index (χ3v) is 5.06. The molecule has 4 rings (SSSR count). The van der Waals surface area contributed by atoms with Gasteiger partial charge in [0.1, 0.15) is 11.5 Å². The van der Waals surface area contributed by atoms with Gasteiger partial charge in [0.25, 0.3) is 5.91 Å². The van der Waals surface area contributed by atoms with Gasteiger partial charge in [0.15, 0.2) is 5.13 Å². The molecule has 28 heavy (non-hydrogen) atoms. The second-order valence-electron chi connectivity index (χ2n) is 5.91. The molecule has 0 saturated heterocycles. The second kappa shape index (κ2) is 8.10. The van der Waals surface area contributed by atoms with Crippen LogP contribution in [0.1, 0.15) is 12.7 Å². The maximum atomic E-state index is 13.1. The fourth-order valence-electron chi connectivity index (χ4n) is 2.76. The van der Waals surface area contributed by atoms with E-state index in [1.165, 1.54) is 17.4 Å². The predicted octanol–water partition coefficient (Wildman–Crippen LogP) is 5.67. The standard InChI is InChI=1S/C22H18N2O3S/c1-2-26-18-11-9-16(10-12-18)24(21(25)14-13-17-6-5-15-27-17)22-23-19-7-3-4-8-20(19)28-22/h3-15H,2H2,1H3/b14-13+. The molecule has 0 aliphatic carbocycles. The highest BCUT2D eigenvalue weighted by atomic mass is 32.1. The summed E-state index contributed by atoms with van der Waals surface area (Å²) in [4.78, 5) is 19.3. The Morgan fingerprint density at radius 1 is 1.14 bits per heavy atom. The van der Waals surface area contributed by atoms with Crippen LogP contribution in [0.5, 0.6) is 5.75 Å². The van der Waals surface area contributed by atoms with Crippen LogP contribution in [-0.4, -0.2) is 17.5 Å². The van der Waals surface area contributed by atoms with E-state index in [4.69, 9.17) is 9.15 Å². The van der Waals surface area contributed by atoms with E-state index in [2.05, 4.69) is 4.98 Å². The lowest BCUT2D eigenvalue weighted by molar-refractivity contribution is -0.113. The van der Waals surface area contributed by atoms with Crippen LogP contribution < -0.4 is 9.64 Å². The summed E-state index contributed by atoms with van der Waals surface area (Å²) in [6.45, 7) is 2.52. The van der Waals surface area contributed by atoms with Gasteiger partial charge >= 0.3 is 0 Å². The third-order valence-electron chi connectivity index (χ3n) is 4.03. The molecule has 0 aliphatic heterocycles. The molecule has 5 nitrogen and oxygen atoms in total. The van der Waals surface area contributed by atoms with Crippen LogP contribution in [0.2, 0.25) is 0 Å². The van der Waals surface area contributed by atoms with Crippen LogP contribution in [0.15, 0.2) is 77.4 Å². The van der Waals surface area contributed by atoms with Crippen molar-refractivity contribution in [2.24, 2.45) is 0 Å². The number of thiazole rings is 1. The number of fused-ring (bicyclic) bond motifs is 1. The van der Waals surface area contributed by atoms with Crippen molar-refractivity contribution in [1.82, 2.24) is 4.98 Å². The van der Waals surface area contributed by atoms with E-state index in [0.717, 1.165) is 21.7 Å². The molecule has 0 aliphatic rings. The molecule has 0 fully saturated rings. The first-order valence-electron chi connectivity index (χ1n) is 8.88. The van der Waals surface area contributed by atoms with E-state index in [0.29, 0.717) is 17.5 Å². The Balaban J connectivity index is 1.72. The lowest BCUT2D eigenvalue weighted by atomic mass is 10.2. The minimum atomic E-state index is -0.209. The molecule has 0 atom stereocenters. The highest BCUT2D eigenvalue weighted by Crippen LogP contribution is 2.34. The van der Waals surface area contributed by atoms with E-state index in [1.807, 2.05) is 55.5 Å². The average Bonchev–Trinajstić information content (AvgIpc) is 3.37. The van der Waals surface area contributed by atoms with Gasteiger partial charge in [-0.15, -0.1) is 0 Å². The summed E-state index contributed by atoms with van der Waals surface area (Å²) in [5.74, 6) is 1.16. The normalized spacial score (nSPS) is 11.2. The first-order valence-corrected chi connectivity index (χ1v) is 9.70. The topological polar surface area (TPSA) is 55.6 Å². The third kappa shape index (κ3) is 3.82. The van der Waals surface area contributed by atoms with Gasteiger partial charge in [-0.05, 0) is 61.5 Å². The first kappa shape index (κ1) is 18.0. The molecule has 2 heterocycles. The Bertz CT molecular complexity index is 1070. The van der Waals surface area contributed by atoms with Gasteiger partial charge < -0.3 is 9.15 Å². The van der Waals surface area contributed by atoms with Crippen molar-refractivity contribution >= 4 is 44.4 Å². The highest BCUT2D eigenvalue weighted by Gasteiger charge is 2.20. The van der Waals surface area contributed by atoms with E-state index < -0.39 is 0 Å². The van der Waals surface area contributed by atoms with E-state index >= 15 is 0 Å². The van der Waals surface area contributed by atoms with Crippen molar-refractivity contribution in [2.45, 2.75) is 6.92 Å². The predicted molar refractivity (Wildman–Crippen MR) is 112 cm³/mol. The van der Waals surface area contributed by atoms with Gasteiger partial charge in [0, 0.05) is 6.08 Å². The molecular formula is C22H18N2O3S.